The Bertz CT molecular complexity index is 586. The molecule has 2 amide bonds. The van der Waals surface area contributed by atoms with Gasteiger partial charge in [-0.25, -0.2) is 0 Å². The third kappa shape index (κ3) is 5.91. The topological polar surface area (TPSA) is 73.9 Å². The molecule has 0 bridgehead atoms. The minimum absolute atomic E-state index is 0.519. The molecule has 0 atom stereocenters. The van der Waals surface area contributed by atoms with E-state index < -0.39 is 11.8 Å². The molecule has 1 heterocycles. The number of hydrogen-bond acceptors (Lipinski definition) is 5. The minimum atomic E-state index is -0.544. The van der Waals surface area contributed by atoms with Gasteiger partial charge in [-0.1, -0.05) is 19.1 Å². The number of carbonyl (C=O) groups is 2. The molecule has 1 aliphatic rings. The van der Waals surface area contributed by atoms with E-state index in [2.05, 4.69) is 26.5 Å². The van der Waals surface area contributed by atoms with Gasteiger partial charge in [0.05, 0.1) is 12.8 Å². The Kier molecular flexibility index (Phi) is 8.21. The summed E-state index contributed by atoms with van der Waals surface area (Å²) < 4.78 is 5.44. The zero-order valence-corrected chi connectivity index (χ0v) is 15.8. The van der Waals surface area contributed by atoms with Crippen molar-refractivity contribution in [1.82, 2.24) is 15.5 Å². The predicted molar refractivity (Wildman–Crippen MR) is 103 cm³/mol. The molecule has 1 fully saturated rings. The number of nitrogens with one attached hydrogen (secondary N) is 2. The minimum Gasteiger partial charge on any atom is -0.495 e. The SMILES string of the molecule is CCCNC(=O)C(=O)NCCCN1CCN(c2ccccc2OC)CC1. The normalized spacial score (nSPS) is 14.8. The van der Waals surface area contributed by atoms with E-state index in [9.17, 15) is 9.59 Å². The number of carbonyl (C=O) groups excluding carboxylic acids is 2. The van der Waals surface area contributed by atoms with Crippen molar-refractivity contribution in [3.8, 4) is 5.75 Å². The predicted octanol–water partition coefficient (Wildman–Crippen LogP) is 0.850. The number of rotatable bonds is 8. The molecule has 0 radical (unpaired) electrons. The molecule has 2 rings (SSSR count). The van der Waals surface area contributed by atoms with Gasteiger partial charge in [0, 0.05) is 39.3 Å². The number of benzene rings is 1. The molecule has 0 unspecified atom stereocenters. The average molecular weight is 362 g/mol. The maximum absolute atomic E-state index is 11.6. The van der Waals surface area contributed by atoms with Crippen molar-refractivity contribution < 1.29 is 14.3 Å². The van der Waals surface area contributed by atoms with Crippen molar-refractivity contribution in [3.05, 3.63) is 24.3 Å². The maximum Gasteiger partial charge on any atom is 0.309 e. The number of amides is 2. The summed E-state index contributed by atoms with van der Waals surface area (Å²) in [6.07, 6.45) is 1.65. The molecule has 7 heteroatoms. The molecule has 7 nitrogen and oxygen atoms in total. The molecule has 0 aromatic heterocycles. The first-order valence-corrected chi connectivity index (χ1v) is 9.32. The number of ether oxygens (including phenoxy) is 1. The monoisotopic (exact) mass is 362 g/mol. The standard InChI is InChI=1S/C19H30N4O3/c1-3-9-20-18(24)19(25)21-10-6-11-22-12-14-23(15-13-22)16-7-4-5-8-17(16)26-2/h4-5,7-8H,3,6,9-15H2,1-2H3,(H,20,24)(H,21,25). The first-order chi connectivity index (χ1) is 12.7. The van der Waals surface area contributed by atoms with E-state index >= 15 is 0 Å². The second-order valence-corrected chi connectivity index (χ2v) is 6.37. The fourth-order valence-corrected chi connectivity index (χ4v) is 3.01. The third-order valence-electron chi connectivity index (χ3n) is 4.48. The summed E-state index contributed by atoms with van der Waals surface area (Å²) in [7, 11) is 1.70. The summed E-state index contributed by atoms with van der Waals surface area (Å²) >= 11 is 0. The Hall–Kier alpha value is -2.28. The molecule has 1 saturated heterocycles. The van der Waals surface area contributed by atoms with E-state index in [-0.39, 0.29) is 0 Å². The second kappa shape index (κ2) is 10.7. The number of anilines is 1. The van der Waals surface area contributed by atoms with Gasteiger partial charge in [0.25, 0.3) is 0 Å². The van der Waals surface area contributed by atoms with E-state index in [1.807, 2.05) is 25.1 Å². The first kappa shape index (κ1) is 20.0. The molecule has 1 aromatic carbocycles. The molecular formula is C19H30N4O3. The fourth-order valence-electron chi connectivity index (χ4n) is 3.01. The van der Waals surface area contributed by atoms with Crippen LogP contribution in [0.15, 0.2) is 24.3 Å². The summed E-state index contributed by atoms with van der Waals surface area (Å²) in [4.78, 5) is 27.8. The van der Waals surface area contributed by atoms with Crippen LogP contribution in [-0.2, 0) is 9.59 Å². The number of hydrogen-bond donors (Lipinski definition) is 2. The highest BCUT2D eigenvalue weighted by atomic mass is 16.5. The fraction of sp³-hybridized carbons (Fsp3) is 0.579. The second-order valence-electron chi connectivity index (χ2n) is 6.37. The Labute approximate surface area is 155 Å². The molecule has 26 heavy (non-hydrogen) atoms. The van der Waals surface area contributed by atoms with Crippen LogP contribution in [0.3, 0.4) is 0 Å². The Morgan fingerprint density at radius 1 is 1.04 bits per heavy atom. The molecule has 0 spiro atoms. The van der Waals surface area contributed by atoms with E-state index in [4.69, 9.17) is 4.74 Å². The van der Waals surface area contributed by atoms with Crippen molar-refractivity contribution in [1.29, 1.82) is 0 Å². The summed E-state index contributed by atoms with van der Waals surface area (Å²) in [5, 5.41) is 5.25. The van der Waals surface area contributed by atoms with Crippen molar-refractivity contribution in [3.63, 3.8) is 0 Å². The lowest BCUT2D eigenvalue weighted by Gasteiger charge is -2.36. The van der Waals surface area contributed by atoms with E-state index in [1.54, 1.807) is 7.11 Å². The lowest BCUT2D eigenvalue weighted by molar-refractivity contribution is -0.139. The quantitative estimate of drug-likeness (QED) is 0.530. The highest BCUT2D eigenvalue weighted by Gasteiger charge is 2.19. The number of nitrogens with zero attached hydrogens (tertiary/aromatic N) is 2. The molecule has 2 N–H and O–H groups in total. The van der Waals surface area contributed by atoms with Crippen LogP contribution >= 0.6 is 0 Å². The lowest BCUT2D eigenvalue weighted by Crippen LogP contribution is -2.47. The van der Waals surface area contributed by atoms with E-state index in [0.29, 0.717) is 13.1 Å². The summed E-state index contributed by atoms with van der Waals surface area (Å²) in [6.45, 7) is 7.76. The van der Waals surface area contributed by atoms with Crippen LogP contribution in [0.4, 0.5) is 5.69 Å². The van der Waals surface area contributed by atoms with Crippen LogP contribution in [-0.4, -0.2) is 69.6 Å². The Balaban J connectivity index is 1.65. The summed E-state index contributed by atoms with van der Waals surface area (Å²) in [5.41, 5.74) is 1.14. The third-order valence-corrected chi connectivity index (χ3v) is 4.48. The lowest BCUT2D eigenvalue weighted by atomic mass is 10.2. The number of piperazine rings is 1. The van der Waals surface area contributed by atoms with Crippen molar-refractivity contribution in [2.24, 2.45) is 0 Å². The Morgan fingerprint density at radius 2 is 1.69 bits per heavy atom. The van der Waals surface area contributed by atoms with Gasteiger partial charge in [-0.3, -0.25) is 14.5 Å². The molecule has 0 saturated carbocycles. The van der Waals surface area contributed by atoms with E-state index in [1.165, 1.54) is 0 Å². The van der Waals surface area contributed by atoms with Crippen LogP contribution in [0.25, 0.3) is 0 Å². The van der Waals surface area contributed by atoms with Crippen LogP contribution in [0, 0.1) is 0 Å². The molecule has 0 aliphatic carbocycles. The van der Waals surface area contributed by atoms with Crippen molar-refractivity contribution in [2.75, 3.05) is 57.8 Å². The van der Waals surface area contributed by atoms with Crippen LogP contribution < -0.4 is 20.3 Å². The van der Waals surface area contributed by atoms with Gasteiger partial charge >= 0.3 is 11.8 Å². The molecular weight excluding hydrogens is 332 g/mol. The highest BCUT2D eigenvalue weighted by molar-refractivity contribution is 6.35. The molecule has 1 aromatic rings. The Morgan fingerprint density at radius 3 is 2.35 bits per heavy atom. The van der Waals surface area contributed by atoms with E-state index in [0.717, 1.165) is 57.0 Å². The van der Waals surface area contributed by atoms with Gasteiger partial charge in [0.15, 0.2) is 0 Å². The van der Waals surface area contributed by atoms with Gasteiger partial charge in [-0.2, -0.15) is 0 Å². The van der Waals surface area contributed by atoms with Crippen molar-refractivity contribution in [2.45, 2.75) is 19.8 Å². The van der Waals surface area contributed by atoms with Gasteiger partial charge in [0.2, 0.25) is 0 Å². The maximum atomic E-state index is 11.6. The average Bonchev–Trinajstić information content (AvgIpc) is 2.69. The largest absolute Gasteiger partial charge is 0.495 e. The number of para-hydroxylation sites is 2. The number of methoxy groups -OCH3 is 1. The van der Waals surface area contributed by atoms with Gasteiger partial charge in [-0.15, -0.1) is 0 Å². The highest BCUT2D eigenvalue weighted by Crippen LogP contribution is 2.28. The van der Waals surface area contributed by atoms with Gasteiger partial charge in [-0.05, 0) is 31.5 Å². The zero-order valence-electron chi connectivity index (χ0n) is 15.8. The zero-order chi connectivity index (χ0) is 18.8. The van der Waals surface area contributed by atoms with Crippen LogP contribution in [0.1, 0.15) is 19.8 Å². The van der Waals surface area contributed by atoms with Gasteiger partial charge < -0.3 is 20.3 Å². The smallest absolute Gasteiger partial charge is 0.309 e. The summed E-state index contributed by atoms with van der Waals surface area (Å²) in [5.74, 6) is -0.179. The molecule has 144 valence electrons. The van der Waals surface area contributed by atoms with Crippen molar-refractivity contribution >= 4 is 17.5 Å². The van der Waals surface area contributed by atoms with Crippen LogP contribution in [0.5, 0.6) is 5.75 Å². The first-order valence-electron chi connectivity index (χ1n) is 9.32. The van der Waals surface area contributed by atoms with Gasteiger partial charge in [0.1, 0.15) is 5.75 Å². The molecule has 1 aliphatic heterocycles. The summed E-state index contributed by atoms with van der Waals surface area (Å²) in [6, 6.07) is 8.09. The van der Waals surface area contributed by atoms with Crippen LogP contribution in [0.2, 0.25) is 0 Å².